The molecule has 160 valence electrons. The number of nitrogens with one attached hydrogen (secondary N) is 1. The molecule has 0 saturated heterocycles. The summed E-state index contributed by atoms with van der Waals surface area (Å²) in [6.45, 7) is 0.177. The first-order valence-corrected chi connectivity index (χ1v) is 10.5. The van der Waals surface area contributed by atoms with Gasteiger partial charge in [0, 0.05) is 5.69 Å². The Morgan fingerprint density at radius 3 is 2.41 bits per heavy atom. The van der Waals surface area contributed by atoms with Gasteiger partial charge in [0.25, 0.3) is 5.91 Å². The fourth-order valence-electron chi connectivity index (χ4n) is 2.73. The number of anilines is 1. The predicted octanol–water partition coefficient (Wildman–Crippen LogP) is 5.93. The average Bonchev–Trinajstić information content (AvgIpc) is 2.77. The molecule has 0 heterocycles. The first kappa shape index (κ1) is 23.1. The predicted molar refractivity (Wildman–Crippen MR) is 126 cm³/mol. The summed E-state index contributed by atoms with van der Waals surface area (Å²) >= 11 is 9.76. The van der Waals surface area contributed by atoms with Crippen LogP contribution < -0.4 is 10.1 Å². The number of carboxylic acid groups (broad SMARTS) is 1. The smallest absolute Gasteiger partial charge is 0.335 e. The van der Waals surface area contributed by atoms with Crippen LogP contribution in [0.25, 0.3) is 6.08 Å². The summed E-state index contributed by atoms with van der Waals surface area (Å²) in [5.41, 5.74) is 2.00. The summed E-state index contributed by atoms with van der Waals surface area (Å²) in [7, 11) is 0. The molecule has 0 spiro atoms. The Hall–Kier alpha value is -3.60. The van der Waals surface area contributed by atoms with E-state index in [9.17, 15) is 14.9 Å². The lowest BCUT2D eigenvalue weighted by Gasteiger charge is -2.12. The Morgan fingerprint density at radius 2 is 1.81 bits per heavy atom. The molecule has 3 aromatic rings. The number of amides is 1. The Bertz CT molecular complexity index is 1200. The van der Waals surface area contributed by atoms with Gasteiger partial charge in [0.1, 0.15) is 18.2 Å². The van der Waals surface area contributed by atoms with E-state index < -0.39 is 11.9 Å². The highest BCUT2D eigenvalue weighted by Crippen LogP contribution is 2.35. The van der Waals surface area contributed by atoms with Crippen LogP contribution in [0.15, 0.2) is 76.8 Å². The van der Waals surface area contributed by atoms with Crippen LogP contribution in [0, 0.1) is 11.3 Å². The molecule has 0 aliphatic heterocycles. The zero-order chi connectivity index (χ0) is 23.1. The molecule has 0 fully saturated rings. The third kappa shape index (κ3) is 5.97. The number of carboxylic acids is 1. The molecule has 0 atom stereocenters. The van der Waals surface area contributed by atoms with Crippen molar-refractivity contribution in [3.8, 4) is 11.8 Å². The lowest BCUT2D eigenvalue weighted by molar-refractivity contribution is -0.112. The number of hydrogen-bond donors (Lipinski definition) is 2. The highest BCUT2D eigenvalue weighted by Gasteiger charge is 2.13. The van der Waals surface area contributed by atoms with Gasteiger partial charge >= 0.3 is 5.97 Å². The summed E-state index contributed by atoms with van der Waals surface area (Å²) in [4.78, 5) is 23.3. The molecule has 0 aromatic heterocycles. The standard InChI is InChI=1S/C24H16BrClN2O4/c25-20-11-16(10-18(13-27)23(29)28-19-4-2-1-3-5-19)12-21(26)22(20)32-14-15-6-8-17(9-7-15)24(30)31/h1-12H,14H2,(H,28,29)(H,30,31)/b18-10-. The monoisotopic (exact) mass is 510 g/mol. The van der Waals surface area contributed by atoms with Crippen LogP contribution in [-0.2, 0) is 11.4 Å². The average molecular weight is 512 g/mol. The topological polar surface area (TPSA) is 99.4 Å². The second-order valence-corrected chi connectivity index (χ2v) is 7.86. The molecule has 3 rings (SSSR count). The molecule has 1 amide bonds. The van der Waals surface area contributed by atoms with E-state index >= 15 is 0 Å². The van der Waals surface area contributed by atoms with Gasteiger partial charge in [-0.15, -0.1) is 0 Å². The van der Waals surface area contributed by atoms with Crippen LogP contribution in [0.2, 0.25) is 5.02 Å². The van der Waals surface area contributed by atoms with Crippen molar-refractivity contribution in [2.75, 3.05) is 5.32 Å². The largest absolute Gasteiger partial charge is 0.486 e. The molecule has 8 heteroatoms. The molecule has 3 aromatic carbocycles. The van der Waals surface area contributed by atoms with E-state index in [1.807, 2.05) is 12.1 Å². The highest BCUT2D eigenvalue weighted by atomic mass is 79.9. The van der Waals surface area contributed by atoms with Crippen molar-refractivity contribution in [1.82, 2.24) is 0 Å². The van der Waals surface area contributed by atoms with E-state index in [-0.39, 0.29) is 22.8 Å². The van der Waals surface area contributed by atoms with Crippen LogP contribution in [0.4, 0.5) is 5.69 Å². The minimum Gasteiger partial charge on any atom is -0.486 e. The Balaban J connectivity index is 1.74. The van der Waals surface area contributed by atoms with Crippen molar-refractivity contribution >= 4 is 51.2 Å². The number of ether oxygens (including phenoxy) is 1. The number of nitrogens with zero attached hydrogens (tertiary/aromatic N) is 1. The fraction of sp³-hybridized carbons (Fsp3) is 0.0417. The number of halogens is 2. The normalized spacial score (nSPS) is 10.8. The van der Waals surface area contributed by atoms with Gasteiger partial charge < -0.3 is 15.2 Å². The van der Waals surface area contributed by atoms with Crippen LogP contribution in [0.1, 0.15) is 21.5 Å². The third-order valence-electron chi connectivity index (χ3n) is 4.31. The zero-order valence-corrected chi connectivity index (χ0v) is 18.9. The van der Waals surface area contributed by atoms with Crippen LogP contribution in [-0.4, -0.2) is 17.0 Å². The molecule has 0 saturated carbocycles. The molecule has 0 unspecified atom stereocenters. The lowest BCUT2D eigenvalue weighted by atomic mass is 10.1. The molecular weight excluding hydrogens is 496 g/mol. The Kier molecular flexibility index (Phi) is 7.66. The van der Waals surface area contributed by atoms with Gasteiger partial charge in [0.05, 0.1) is 15.1 Å². The maximum Gasteiger partial charge on any atom is 0.335 e. The van der Waals surface area contributed by atoms with Gasteiger partial charge in [-0.25, -0.2) is 4.79 Å². The maximum absolute atomic E-state index is 12.4. The van der Waals surface area contributed by atoms with Gasteiger partial charge in [-0.3, -0.25) is 4.79 Å². The van der Waals surface area contributed by atoms with E-state index in [4.69, 9.17) is 21.4 Å². The summed E-state index contributed by atoms with van der Waals surface area (Å²) in [5, 5.41) is 21.3. The van der Waals surface area contributed by atoms with Gasteiger partial charge in [-0.1, -0.05) is 41.9 Å². The van der Waals surface area contributed by atoms with Crippen molar-refractivity contribution in [3.63, 3.8) is 0 Å². The van der Waals surface area contributed by atoms with E-state index in [1.165, 1.54) is 18.2 Å². The maximum atomic E-state index is 12.4. The number of carbonyl (C=O) groups is 2. The van der Waals surface area contributed by atoms with Crippen molar-refractivity contribution in [1.29, 1.82) is 5.26 Å². The number of nitriles is 1. The molecular formula is C24H16BrClN2O4. The number of para-hydroxylation sites is 1. The molecule has 0 aliphatic rings. The molecule has 0 aliphatic carbocycles. The lowest BCUT2D eigenvalue weighted by Crippen LogP contribution is -2.13. The quantitative estimate of drug-likeness (QED) is 0.303. The van der Waals surface area contributed by atoms with E-state index in [1.54, 1.807) is 48.5 Å². The highest BCUT2D eigenvalue weighted by molar-refractivity contribution is 9.10. The Labute approximate surface area is 197 Å². The second-order valence-electron chi connectivity index (χ2n) is 6.59. The minimum absolute atomic E-state index is 0.0796. The number of hydrogen-bond acceptors (Lipinski definition) is 4. The molecule has 6 nitrogen and oxygen atoms in total. The summed E-state index contributed by atoms with van der Waals surface area (Å²) in [5.74, 6) is -1.14. The molecule has 2 N–H and O–H groups in total. The Morgan fingerprint density at radius 1 is 1.12 bits per heavy atom. The summed E-state index contributed by atoms with van der Waals surface area (Å²) in [6, 6.07) is 20.3. The first-order valence-electron chi connectivity index (χ1n) is 9.29. The van der Waals surface area contributed by atoms with Crippen LogP contribution >= 0.6 is 27.5 Å². The van der Waals surface area contributed by atoms with Crippen molar-refractivity contribution in [3.05, 3.63) is 98.5 Å². The SMILES string of the molecule is N#C/C(=C/c1cc(Cl)c(OCc2ccc(C(=O)O)cc2)c(Br)c1)C(=O)Nc1ccccc1. The summed E-state index contributed by atoms with van der Waals surface area (Å²) < 4.78 is 6.32. The van der Waals surface area contributed by atoms with Crippen molar-refractivity contribution < 1.29 is 19.4 Å². The van der Waals surface area contributed by atoms with E-state index in [2.05, 4.69) is 21.2 Å². The van der Waals surface area contributed by atoms with Gasteiger partial charge in [0.2, 0.25) is 0 Å². The van der Waals surface area contributed by atoms with E-state index in [0.717, 1.165) is 5.56 Å². The zero-order valence-electron chi connectivity index (χ0n) is 16.5. The number of aromatic carboxylic acids is 1. The third-order valence-corrected chi connectivity index (χ3v) is 5.18. The van der Waals surface area contributed by atoms with Crippen molar-refractivity contribution in [2.45, 2.75) is 6.61 Å². The van der Waals surface area contributed by atoms with Gasteiger partial charge in [-0.2, -0.15) is 5.26 Å². The second kappa shape index (κ2) is 10.6. The van der Waals surface area contributed by atoms with Gasteiger partial charge in [0.15, 0.2) is 5.75 Å². The minimum atomic E-state index is -0.999. The summed E-state index contributed by atoms with van der Waals surface area (Å²) in [6.07, 6.45) is 1.43. The van der Waals surface area contributed by atoms with Gasteiger partial charge in [-0.05, 0) is 69.5 Å². The fourth-order valence-corrected chi connectivity index (χ4v) is 3.72. The van der Waals surface area contributed by atoms with Crippen molar-refractivity contribution in [2.24, 2.45) is 0 Å². The first-order chi connectivity index (χ1) is 15.4. The van der Waals surface area contributed by atoms with Crippen LogP contribution in [0.3, 0.4) is 0 Å². The number of benzene rings is 3. The van der Waals surface area contributed by atoms with Crippen LogP contribution in [0.5, 0.6) is 5.75 Å². The number of carbonyl (C=O) groups excluding carboxylic acids is 1. The molecule has 0 radical (unpaired) electrons. The molecule has 0 bridgehead atoms. The number of rotatable bonds is 7. The molecule has 32 heavy (non-hydrogen) atoms. The van der Waals surface area contributed by atoms with E-state index in [0.29, 0.717) is 21.5 Å².